The maximum Gasteiger partial charge on any atom is 0.167 e. The molecule has 1 aromatic carbocycles. The van der Waals surface area contributed by atoms with Crippen molar-refractivity contribution in [1.29, 1.82) is 5.26 Å². The summed E-state index contributed by atoms with van der Waals surface area (Å²) in [6.07, 6.45) is -1.48. The molecule has 0 amide bonds. The third-order valence-electron chi connectivity index (χ3n) is 4.73. The van der Waals surface area contributed by atoms with E-state index in [9.17, 15) is 20.6 Å². The quantitative estimate of drug-likeness (QED) is 0.475. The van der Waals surface area contributed by atoms with Crippen molar-refractivity contribution in [1.82, 2.24) is 19.5 Å². The Hall–Kier alpha value is -3.10. The first kappa shape index (κ1) is 18.3. The van der Waals surface area contributed by atoms with Crippen LogP contribution in [-0.4, -0.2) is 59.8 Å². The first-order valence-electron chi connectivity index (χ1n) is 8.66. The van der Waals surface area contributed by atoms with E-state index in [0.717, 1.165) is 5.56 Å². The van der Waals surface area contributed by atoms with Gasteiger partial charge in [-0.3, -0.25) is 4.57 Å². The summed E-state index contributed by atoms with van der Waals surface area (Å²) < 4.78 is 7.04. The molecule has 2 aromatic heterocycles. The summed E-state index contributed by atoms with van der Waals surface area (Å²) in [6.45, 7) is -0.0436. The molecule has 4 N–H and O–H groups in total. The number of aromatic nitrogens is 4. The molecule has 0 saturated carbocycles. The van der Waals surface area contributed by atoms with E-state index in [1.165, 1.54) is 17.2 Å². The molecule has 4 rings (SSSR count). The summed E-state index contributed by atoms with van der Waals surface area (Å²) in [7, 11) is 0. The number of aliphatic hydroxyl groups is 3. The first-order chi connectivity index (χ1) is 13.6. The van der Waals surface area contributed by atoms with Crippen LogP contribution >= 0.6 is 0 Å². The van der Waals surface area contributed by atoms with Crippen LogP contribution in [0.1, 0.15) is 17.4 Å². The van der Waals surface area contributed by atoms with Crippen LogP contribution in [-0.2, 0) is 11.3 Å². The van der Waals surface area contributed by atoms with Crippen LogP contribution in [0.3, 0.4) is 0 Å². The van der Waals surface area contributed by atoms with Crippen molar-refractivity contribution in [2.24, 2.45) is 0 Å². The van der Waals surface area contributed by atoms with Gasteiger partial charge in [0.2, 0.25) is 0 Å². The van der Waals surface area contributed by atoms with Crippen molar-refractivity contribution in [2.75, 3.05) is 11.9 Å². The minimum atomic E-state index is -1.23. The van der Waals surface area contributed by atoms with E-state index in [4.69, 9.17) is 4.74 Å². The Labute approximate surface area is 159 Å². The predicted molar refractivity (Wildman–Crippen MR) is 96.8 cm³/mol. The molecular weight excluding hydrogens is 364 g/mol. The van der Waals surface area contributed by atoms with Gasteiger partial charge in [-0.2, -0.15) is 5.26 Å². The van der Waals surface area contributed by atoms with Gasteiger partial charge in [0.15, 0.2) is 23.2 Å². The van der Waals surface area contributed by atoms with Crippen LogP contribution in [0.4, 0.5) is 5.82 Å². The van der Waals surface area contributed by atoms with Crippen molar-refractivity contribution >= 4 is 17.0 Å². The fraction of sp³-hybridized carbons (Fsp3) is 0.333. The minimum Gasteiger partial charge on any atom is -0.394 e. The topological polar surface area (TPSA) is 149 Å². The summed E-state index contributed by atoms with van der Waals surface area (Å²) >= 11 is 0. The predicted octanol–water partition coefficient (Wildman–Crippen LogP) is -0.0784. The van der Waals surface area contributed by atoms with Crippen LogP contribution in [0, 0.1) is 11.3 Å². The molecule has 1 aliphatic rings. The smallest absolute Gasteiger partial charge is 0.167 e. The summed E-state index contributed by atoms with van der Waals surface area (Å²) in [5.41, 5.74) is 2.24. The van der Waals surface area contributed by atoms with Gasteiger partial charge in [0.05, 0.1) is 24.6 Å². The Morgan fingerprint density at radius 3 is 2.75 bits per heavy atom. The second kappa shape index (κ2) is 7.49. The lowest BCUT2D eigenvalue weighted by Gasteiger charge is -2.16. The lowest BCUT2D eigenvalue weighted by atomic mass is 10.1. The van der Waals surface area contributed by atoms with Gasteiger partial charge in [0.25, 0.3) is 0 Å². The molecule has 0 spiro atoms. The van der Waals surface area contributed by atoms with E-state index in [1.54, 1.807) is 12.1 Å². The SMILES string of the molecule is N#Cc1ccccc1CNc1ncnc2c1ncn2[C@@H]1O[C@H](CO)[C@@H](O)[C@H]1O. The van der Waals surface area contributed by atoms with Gasteiger partial charge in [-0.15, -0.1) is 0 Å². The van der Waals surface area contributed by atoms with Gasteiger partial charge < -0.3 is 25.4 Å². The number of rotatable bonds is 5. The zero-order valence-electron chi connectivity index (χ0n) is 14.7. The van der Waals surface area contributed by atoms with Crippen molar-refractivity contribution in [2.45, 2.75) is 31.1 Å². The summed E-state index contributed by atoms with van der Waals surface area (Å²) in [4.78, 5) is 12.7. The third kappa shape index (κ3) is 3.06. The Morgan fingerprint density at radius 1 is 1.18 bits per heavy atom. The maximum absolute atomic E-state index is 10.2. The molecule has 10 nitrogen and oxygen atoms in total. The number of benzene rings is 1. The number of fused-ring (bicyclic) bond motifs is 1. The lowest BCUT2D eigenvalue weighted by Crippen LogP contribution is -2.33. The highest BCUT2D eigenvalue weighted by atomic mass is 16.6. The number of aliphatic hydroxyl groups excluding tert-OH is 3. The molecule has 0 aliphatic carbocycles. The molecule has 1 aliphatic heterocycles. The highest BCUT2D eigenvalue weighted by Crippen LogP contribution is 2.32. The van der Waals surface area contributed by atoms with Crippen molar-refractivity contribution in [3.05, 3.63) is 48.0 Å². The van der Waals surface area contributed by atoms with Gasteiger partial charge in [0.1, 0.15) is 24.6 Å². The van der Waals surface area contributed by atoms with E-state index in [1.807, 2.05) is 12.1 Å². The molecule has 3 heterocycles. The van der Waals surface area contributed by atoms with E-state index in [-0.39, 0.29) is 0 Å². The Kier molecular flexibility index (Phi) is 4.89. The Bertz CT molecular complexity index is 1030. The molecule has 1 fully saturated rings. The molecular formula is C18H18N6O4. The monoisotopic (exact) mass is 382 g/mol. The normalized spacial score (nSPS) is 24.4. The van der Waals surface area contributed by atoms with Gasteiger partial charge in [0, 0.05) is 6.54 Å². The van der Waals surface area contributed by atoms with E-state index < -0.39 is 31.1 Å². The minimum absolute atomic E-state index is 0.372. The van der Waals surface area contributed by atoms with Crippen LogP contribution in [0.25, 0.3) is 11.2 Å². The first-order valence-corrected chi connectivity index (χ1v) is 8.66. The molecule has 0 unspecified atom stereocenters. The second-order valence-electron chi connectivity index (χ2n) is 6.40. The number of ether oxygens (including phenoxy) is 1. The van der Waals surface area contributed by atoms with E-state index in [2.05, 4.69) is 26.3 Å². The lowest BCUT2D eigenvalue weighted by molar-refractivity contribution is -0.0511. The van der Waals surface area contributed by atoms with E-state index >= 15 is 0 Å². The number of nitriles is 1. The van der Waals surface area contributed by atoms with Gasteiger partial charge in [-0.05, 0) is 11.6 Å². The van der Waals surface area contributed by atoms with Gasteiger partial charge in [-0.1, -0.05) is 18.2 Å². The molecule has 3 aromatic rings. The number of nitrogens with zero attached hydrogens (tertiary/aromatic N) is 5. The summed E-state index contributed by atoms with van der Waals surface area (Å²) in [5, 5.41) is 41.8. The van der Waals surface area contributed by atoms with Crippen LogP contribution in [0.5, 0.6) is 0 Å². The molecule has 1 saturated heterocycles. The number of imidazole rings is 1. The van der Waals surface area contributed by atoms with Crippen LogP contribution < -0.4 is 5.32 Å². The highest BCUT2D eigenvalue weighted by Gasteiger charge is 2.44. The number of hydrogen-bond donors (Lipinski definition) is 4. The standard InChI is InChI=1S/C18H18N6O4/c19-5-10-3-1-2-4-11(10)6-20-16-13-17(22-8-21-16)24(9-23-13)18-15(27)14(26)12(7-25)28-18/h1-4,8-9,12,14-15,18,25-27H,6-7H2,(H,20,21,22)/t12-,14-,15-,18-/m1/s1. The van der Waals surface area contributed by atoms with Crippen LogP contribution in [0.15, 0.2) is 36.9 Å². The molecule has 4 atom stereocenters. The fourth-order valence-electron chi connectivity index (χ4n) is 3.24. The number of nitrogens with one attached hydrogen (secondary N) is 1. The van der Waals surface area contributed by atoms with Crippen molar-refractivity contribution in [3.8, 4) is 6.07 Å². The van der Waals surface area contributed by atoms with Crippen molar-refractivity contribution < 1.29 is 20.1 Å². The maximum atomic E-state index is 10.2. The average molecular weight is 382 g/mol. The molecule has 28 heavy (non-hydrogen) atoms. The largest absolute Gasteiger partial charge is 0.394 e. The van der Waals surface area contributed by atoms with Crippen molar-refractivity contribution in [3.63, 3.8) is 0 Å². The number of hydrogen-bond acceptors (Lipinski definition) is 9. The zero-order chi connectivity index (χ0) is 19.7. The molecule has 0 bridgehead atoms. The van der Waals surface area contributed by atoms with E-state index in [0.29, 0.717) is 29.1 Å². The number of anilines is 1. The molecule has 0 radical (unpaired) electrons. The zero-order valence-corrected chi connectivity index (χ0v) is 14.7. The van der Waals surface area contributed by atoms with Gasteiger partial charge in [-0.25, -0.2) is 15.0 Å². The molecule has 144 valence electrons. The summed E-state index contributed by atoms with van der Waals surface area (Å²) in [5.74, 6) is 0.461. The average Bonchev–Trinajstić information content (AvgIpc) is 3.28. The molecule has 10 heteroatoms. The second-order valence-corrected chi connectivity index (χ2v) is 6.40. The Balaban J connectivity index is 1.62. The van der Waals surface area contributed by atoms with Gasteiger partial charge >= 0.3 is 0 Å². The van der Waals surface area contributed by atoms with Crippen LogP contribution in [0.2, 0.25) is 0 Å². The highest BCUT2D eigenvalue weighted by molar-refractivity contribution is 5.82. The third-order valence-corrected chi connectivity index (χ3v) is 4.73. The Morgan fingerprint density at radius 2 is 2.00 bits per heavy atom. The fourth-order valence-corrected chi connectivity index (χ4v) is 3.24. The summed E-state index contributed by atoms with van der Waals surface area (Å²) in [6, 6.07) is 9.39.